The molecule has 170 valence electrons. The van der Waals surface area contributed by atoms with Crippen LogP contribution in [0.5, 0.6) is 0 Å². The number of allylic oxidation sites excluding steroid dienone is 1. The molecule has 0 N–H and O–H groups in total. The predicted octanol–water partition coefficient (Wildman–Crippen LogP) is 5.17. The Hall–Kier alpha value is -4.45. The van der Waals surface area contributed by atoms with E-state index < -0.39 is 5.54 Å². The number of amidine groups is 1. The topological polar surface area (TPSA) is 50.2 Å². The van der Waals surface area contributed by atoms with E-state index in [1.807, 2.05) is 25.4 Å². The summed E-state index contributed by atoms with van der Waals surface area (Å²) < 4.78 is 4.23. The van der Waals surface area contributed by atoms with Crippen LogP contribution >= 0.6 is 0 Å². The van der Waals surface area contributed by atoms with E-state index in [-0.39, 0.29) is 0 Å². The molecular formula is C29H24N6. The zero-order valence-corrected chi connectivity index (χ0v) is 19.8. The number of aryl methyl sites for hydroxylation is 3. The molecule has 7 rings (SSSR count). The Morgan fingerprint density at radius 2 is 1.54 bits per heavy atom. The lowest BCUT2D eigenvalue weighted by atomic mass is 9.84. The molecule has 0 saturated heterocycles. The van der Waals surface area contributed by atoms with E-state index in [2.05, 4.69) is 101 Å². The van der Waals surface area contributed by atoms with Crippen molar-refractivity contribution >= 4 is 28.9 Å². The van der Waals surface area contributed by atoms with Gasteiger partial charge < -0.3 is 9.13 Å². The summed E-state index contributed by atoms with van der Waals surface area (Å²) in [5.74, 6) is 1.52. The van der Waals surface area contributed by atoms with Crippen LogP contribution < -0.4 is 0 Å². The summed E-state index contributed by atoms with van der Waals surface area (Å²) in [6.45, 7) is 2.11. The molecule has 0 fully saturated rings. The number of hydrogen-bond donors (Lipinski definition) is 0. The van der Waals surface area contributed by atoms with Gasteiger partial charge in [-0.05, 0) is 48.9 Å². The molecule has 0 bridgehead atoms. The van der Waals surface area contributed by atoms with Gasteiger partial charge in [0.05, 0.1) is 28.5 Å². The minimum atomic E-state index is -0.818. The van der Waals surface area contributed by atoms with Gasteiger partial charge in [0, 0.05) is 32.1 Å². The molecule has 4 aromatic rings. The SMILES string of the molecule is Cc1ccc(C2(c3cccn3C)N=C3N=C(c4cccn4C)C=C4c5ccccc5N=C2N43)cc1. The highest BCUT2D eigenvalue weighted by Gasteiger charge is 2.54. The zero-order chi connectivity index (χ0) is 23.7. The second kappa shape index (κ2) is 7.03. The largest absolute Gasteiger partial charge is 0.352 e. The standard InChI is InChI=1S/C29H24N6/c1-19-12-14-20(15-13-19)29(26-11-7-17-34(26)3)27-30-22-9-5-4-8-21(22)25-18-23(24-10-6-16-33(24)2)31-28(32-29)35(25)27/h4-18H,1-3H3. The molecule has 2 aromatic carbocycles. The lowest BCUT2D eigenvalue weighted by Gasteiger charge is -2.35. The molecule has 1 unspecified atom stereocenters. The van der Waals surface area contributed by atoms with Crippen LogP contribution in [0.2, 0.25) is 0 Å². The molecule has 0 amide bonds. The summed E-state index contributed by atoms with van der Waals surface area (Å²) in [5, 5.41) is 0. The second-order valence-electron chi connectivity index (χ2n) is 9.31. The molecule has 5 heterocycles. The highest BCUT2D eigenvalue weighted by molar-refractivity contribution is 6.29. The van der Waals surface area contributed by atoms with E-state index in [1.54, 1.807) is 0 Å². The minimum absolute atomic E-state index is 0.661. The third-order valence-electron chi connectivity index (χ3n) is 7.13. The van der Waals surface area contributed by atoms with Crippen molar-refractivity contribution in [3.05, 3.63) is 119 Å². The third kappa shape index (κ3) is 2.68. The first-order chi connectivity index (χ1) is 17.1. The Balaban J connectivity index is 1.59. The molecule has 6 heteroatoms. The van der Waals surface area contributed by atoms with Crippen molar-refractivity contribution in [2.75, 3.05) is 0 Å². The van der Waals surface area contributed by atoms with Crippen molar-refractivity contribution in [1.29, 1.82) is 0 Å². The predicted molar refractivity (Wildman–Crippen MR) is 140 cm³/mol. The van der Waals surface area contributed by atoms with E-state index >= 15 is 0 Å². The van der Waals surface area contributed by atoms with Crippen molar-refractivity contribution in [3.8, 4) is 0 Å². The van der Waals surface area contributed by atoms with E-state index in [0.717, 1.165) is 45.4 Å². The monoisotopic (exact) mass is 456 g/mol. The van der Waals surface area contributed by atoms with Gasteiger partial charge >= 0.3 is 0 Å². The molecule has 0 aliphatic carbocycles. The molecule has 6 nitrogen and oxygen atoms in total. The maximum absolute atomic E-state index is 5.41. The first kappa shape index (κ1) is 20.0. The van der Waals surface area contributed by atoms with Crippen LogP contribution in [0.1, 0.15) is 28.1 Å². The first-order valence-corrected chi connectivity index (χ1v) is 11.8. The number of para-hydroxylation sites is 1. The van der Waals surface area contributed by atoms with Crippen molar-refractivity contribution in [1.82, 2.24) is 14.0 Å². The van der Waals surface area contributed by atoms with Gasteiger partial charge in [0.15, 0.2) is 11.4 Å². The number of aliphatic imine (C=N–C) groups is 3. The fourth-order valence-electron chi connectivity index (χ4n) is 5.37. The van der Waals surface area contributed by atoms with Gasteiger partial charge in [0.1, 0.15) is 0 Å². The van der Waals surface area contributed by atoms with Gasteiger partial charge in [-0.3, -0.25) is 4.90 Å². The molecule has 1 atom stereocenters. The Morgan fingerprint density at radius 1 is 0.771 bits per heavy atom. The number of nitrogens with zero attached hydrogens (tertiary/aromatic N) is 6. The number of aromatic nitrogens is 2. The number of hydrogen-bond acceptors (Lipinski definition) is 4. The van der Waals surface area contributed by atoms with Crippen LogP contribution in [-0.2, 0) is 19.6 Å². The zero-order valence-electron chi connectivity index (χ0n) is 19.8. The van der Waals surface area contributed by atoms with Crippen molar-refractivity contribution in [3.63, 3.8) is 0 Å². The Morgan fingerprint density at radius 3 is 2.29 bits per heavy atom. The van der Waals surface area contributed by atoms with Gasteiger partial charge in [-0.25, -0.2) is 15.0 Å². The highest BCUT2D eigenvalue weighted by Crippen LogP contribution is 2.49. The van der Waals surface area contributed by atoms with Gasteiger partial charge in [0.2, 0.25) is 5.96 Å². The molecule has 3 aliphatic heterocycles. The average molecular weight is 457 g/mol. The summed E-state index contributed by atoms with van der Waals surface area (Å²) in [6.07, 6.45) is 6.27. The van der Waals surface area contributed by atoms with E-state index in [1.165, 1.54) is 5.56 Å². The smallest absolute Gasteiger partial charge is 0.233 e. The fraction of sp³-hybridized carbons (Fsp3) is 0.138. The highest BCUT2D eigenvalue weighted by atomic mass is 15.4. The maximum Gasteiger partial charge on any atom is 0.233 e. The van der Waals surface area contributed by atoms with Crippen molar-refractivity contribution in [2.45, 2.75) is 12.5 Å². The molecule has 0 radical (unpaired) electrons. The van der Waals surface area contributed by atoms with E-state index in [0.29, 0.717) is 5.96 Å². The van der Waals surface area contributed by atoms with Gasteiger partial charge in [-0.1, -0.05) is 48.0 Å². The quantitative estimate of drug-likeness (QED) is 0.419. The summed E-state index contributed by atoms with van der Waals surface area (Å²) in [7, 11) is 4.11. The van der Waals surface area contributed by atoms with E-state index in [9.17, 15) is 0 Å². The lowest BCUT2D eigenvalue weighted by molar-refractivity contribution is 0.646. The van der Waals surface area contributed by atoms with Crippen LogP contribution in [0.3, 0.4) is 0 Å². The molecule has 3 aliphatic rings. The Bertz CT molecular complexity index is 1630. The average Bonchev–Trinajstić information content (AvgIpc) is 3.58. The maximum atomic E-state index is 5.41. The molecule has 0 saturated carbocycles. The summed E-state index contributed by atoms with van der Waals surface area (Å²) in [5.41, 5.74) is 7.53. The van der Waals surface area contributed by atoms with Gasteiger partial charge in [-0.2, -0.15) is 0 Å². The number of fused-ring (bicyclic) bond motifs is 2. The van der Waals surface area contributed by atoms with Gasteiger partial charge in [0.25, 0.3) is 0 Å². The second-order valence-corrected chi connectivity index (χ2v) is 9.31. The van der Waals surface area contributed by atoms with Crippen LogP contribution in [0, 0.1) is 6.92 Å². The Labute approximate surface area is 203 Å². The summed E-state index contributed by atoms with van der Waals surface area (Å²) in [4.78, 5) is 17.9. The normalized spacial score (nSPS) is 20.0. The van der Waals surface area contributed by atoms with Gasteiger partial charge in [-0.15, -0.1) is 0 Å². The molecule has 2 aromatic heterocycles. The Kier molecular flexibility index (Phi) is 4.01. The van der Waals surface area contributed by atoms with Crippen LogP contribution in [0.15, 0.2) is 106 Å². The molecule has 0 spiro atoms. The fourth-order valence-corrected chi connectivity index (χ4v) is 5.37. The number of benzene rings is 2. The van der Waals surface area contributed by atoms with Crippen molar-refractivity contribution < 1.29 is 0 Å². The lowest BCUT2D eigenvalue weighted by Crippen LogP contribution is -2.44. The summed E-state index contributed by atoms with van der Waals surface area (Å²) in [6, 6.07) is 25.3. The number of guanidine groups is 1. The number of rotatable bonds is 3. The third-order valence-corrected chi connectivity index (χ3v) is 7.13. The molecule has 35 heavy (non-hydrogen) atoms. The minimum Gasteiger partial charge on any atom is -0.352 e. The van der Waals surface area contributed by atoms with E-state index in [4.69, 9.17) is 15.0 Å². The van der Waals surface area contributed by atoms with Crippen LogP contribution in [0.4, 0.5) is 5.69 Å². The molecular weight excluding hydrogens is 432 g/mol. The van der Waals surface area contributed by atoms with Crippen LogP contribution in [-0.4, -0.2) is 31.5 Å². The van der Waals surface area contributed by atoms with Crippen molar-refractivity contribution in [2.24, 2.45) is 29.1 Å². The first-order valence-electron chi connectivity index (χ1n) is 11.8. The summed E-state index contributed by atoms with van der Waals surface area (Å²) >= 11 is 0. The van der Waals surface area contributed by atoms with Crippen LogP contribution in [0.25, 0.3) is 5.70 Å².